The maximum atomic E-state index is 7.19. The maximum absolute atomic E-state index is 7.19. The molecule has 0 aliphatic heterocycles. The number of nitrogens with two attached hydrogens (primary N) is 1. The van der Waals surface area contributed by atoms with E-state index in [9.17, 15) is 0 Å². The lowest BCUT2D eigenvalue weighted by atomic mass is 10.3. The van der Waals surface area contributed by atoms with Gasteiger partial charge in [0.25, 0.3) is 0 Å². The van der Waals surface area contributed by atoms with E-state index in [1.165, 1.54) is 24.4 Å². The first-order valence-corrected chi connectivity index (χ1v) is 5.41. The minimum absolute atomic E-state index is 0.236. The maximum Gasteiger partial charge on any atom is 0.205 e. The summed E-state index contributed by atoms with van der Waals surface area (Å²) in [6.45, 7) is 0.787. The molecule has 1 fully saturated rings. The number of aromatic nitrogens is 2. The molecule has 0 bridgehead atoms. The van der Waals surface area contributed by atoms with Gasteiger partial charge in [-0.25, -0.2) is 4.98 Å². The average molecular weight is 211 g/mol. The molecule has 5 nitrogen and oxygen atoms in total. The van der Waals surface area contributed by atoms with Crippen molar-refractivity contribution in [3.8, 4) is 0 Å². The van der Waals surface area contributed by atoms with Crippen molar-refractivity contribution in [2.45, 2.75) is 25.3 Å². The van der Waals surface area contributed by atoms with Crippen LogP contribution in [0, 0.1) is 5.41 Å². The molecule has 0 saturated heterocycles. The lowest BCUT2D eigenvalue weighted by Crippen LogP contribution is -2.29. The first-order chi connectivity index (χ1) is 6.77. The van der Waals surface area contributed by atoms with Crippen molar-refractivity contribution in [3.63, 3.8) is 0 Å². The number of anilines is 1. The Morgan fingerprint density at radius 3 is 3.00 bits per heavy atom. The fraction of sp³-hybridized carbons (Fsp3) is 0.625. The molecule has 76 valence electrons. The average Bonchev–Trinajstić information content (AvgIpc) is 2.81. The van der Waals surface area contributed by atoms with Crippen molar-refractivity contribution in [1.29, 1.82) is 5.41 Å². The van der Waals surface area contributed by atoms with Crippen LogP contribution < -0.4 is 10.6 Å². The third-order valence-electron chi connectivity index (χ3n) is 2.21. The van der Waals surface area contributed by atoms with Crippen LogP contribution in [-0.2, 0) is 0 Å². The van der Waals surface area contributed by atoms with Crippen molar-refractivity contribution in [2.75, 3.05) is 11.4 Å². The van der Waals surface area contributed by atoms with Crippen LogP contribution in [0.1, 0.15) is 19.3 Å². The Morgan fingerprint density at radius 2 is 2.50 bits per heavy atom. The molecule has 0 amide bonds. The molecule has 2 rings (SSSR count). The fourth-order valence-electron chi connectivity index (χ4n) is 1.36. The first-order valence-electron chi connectivity index (χ1n) is 4.63. The molecule has 0 radical (unpaired) electrons. The molecule has 1 aliphatic carbocycles. The summed E-state index contributed by atoms with van der Waals surface area (Å²) >= 11 is 1.40. The van der Waals surface area contributed by atoms with Crippen molar-refractivity contribution >= 4 is 22.5 Å². The van der Waals surface area contributed by atoms with Crippen LogP contribution in [-0.4, -0.2) is 27.8 Å². The first kappa shape index (κ1) is 9.39. The second kappa shape index (κ2) is 3.91. The van der Waals surface area contributed by atoms with Gasteiger partial charge >= 0.3 is 0 Å². The lowest BCUT2D eigenvalue weighted by molar-refractivity contribution is 0.792. The normalized spacial score (nSPS) is 15.4. The molecule has 0 unspecified atom stereocenters. The minimum Gasteiger partial charge on any atom is -0.388 e. The van der Waals surface area contributed by atoms with Gasteiger partial charge in [-0.2, -0.15) is 4.37 Å². The van der Waals surface area contributed by atoms with E-state index in [2.05, 4.69) is 14.3 Å². The molecular weight excluding hydrogens is 198 g/mol. The summed E-state index contributed by atoms with van der Waals surface area (Å²) in [5.74, 6) is 0.236. The van der Waals surface area contributed by atoms with Gasteiger partial charge in [0.2, 0.25) is 5.13 Å². The molecule has 0 atom stereocenters. The van der Waals surface area contributed by atoms with Gasteiger partial charge in [-0.05, 0) is 12.8 Å². The Labute approximate surface area is 86.6 Å². The zero-order chi connectivity index (χ0) is 9.97. The van der Waals surface area contributed by atoms with Gasteiger partial charge in [-0.15, -0.1) is 0 Å². The Morgan fingerprint density at radius 1 is 1.71 bits per heavy atom. The van der Waals surface area contributed by atoms with Crippen LogP contribution in [0.3, 0.4) is 0 Å². The summed E-state index contributed by atoms with van der Waals surface area (Å²) in [4.78, 5) is 6.39. The van der Waals surface area contributed by atoms with E-state index in [4.69, 9.17) is 11.1 Å². The summed E-state index contributed by atoms with van der Waals surface area (Å²) < 4.78 is 3.98. The molecule has 1 aromatic rings. The van der Waals surface area contributed by atoms with E-state index >= 15 is 0 Å². The Kier molecular flexibility index (Phi) is 2.62. The molecule has 3 N–H and O–H groups in total. The zero-order valence-corrected chi connectivity index (χ0v) is 8.63. The van der Waals surface area contributed by atoms with E-state index in [0.29, 0.717) is 12.5 Å². The quantitative estimate of drug-likeness (QED) is 0.558. The molecule has 6 heteroatoms. The predicted molar refractivity (Wildman–Crippen MR) is 56.8 cm³/mol. The zero-order valence-electron chi connectivity index (χ0n) is 7.81. The van der Waals surface area contributed by atoms with Crippen LogP contribution in [0.5, 0.6) is 0 Å². The molecule has 14 heavy (non-hydrogen) atoms. The van der Waals surface area contributed by atoms with Crippen molar-refractivity contribution in [3.05, 3.63) is 6.33 Å². The number of rotatable bonds is 5. The van der Waals surface area contributed by atoms with E-state index in [-0.39, 0.29) is 5.84 Å². The highest BCUT2D eigenvalue weighted by Gasteiger charge is 2.30. The molecule has 1 aromatic heterocycles. The highest BCUT2D eigenvalue weighted by atomic mass is 32.1. The molecule has 0 spiro atoms. The summed E-state index contributed by atoms with van der Waals surface area (Å²) in [6, 6.07) is 0.599. The highest BCUT2D eigenvalue weighted by molar-refractivity contribution is 7.09. The van der Waals surface area contributed by atoms with Crippen LogP contribution in [0.2, 0.25) is 0 Å². The second-order valence-electron chi connectivity index (χ2n) is 3.42. The largest absolute Gasteiger partial charge is 0.388 e. The molecule has 1 heterocycles. The van der Waals surface area contributed by atoms with Gasteiger partial charge in [0.1, 0.15) is 6.33 Å². The van der Waals surface area contributed by atoms with Crippen molar-refractivity contribution in [2.24, 2.45) is 5.73 Å². The number of hydrogen-bond donors (Lipinski definition) is 2. The molecule has 0 aromatic carbocycles. The summed E-state index contributed by atoms with van der Waals surface area (Å²) in [5.41, 5.74) is 5.34. The predicted octanol–water partition coefficient (Wildman–Crippen LogP) is 0.833. The van der Waals surface area contributed by atoms with Crippen LogP contribution in [0.25, 0.3) is 0 Å². The van der Waals surface area contributed by atoms with Crippen LogP contribution >= 0.6 is 11.5 Å². The van der Waals surface area contributed by atoms with Crippen LogP contribution in [0.15, 0.2) is 6.33 Å². The third-order valence-corrected chi connectivity index (χ3v) is 2.91. The smallest absolute Gasteiger partial charge is 0.205 e. The number of hydrogen-bond acceptors (Lipinski definition) is 5. The van der Waals surface area contributed by atoms with Gasteiger partial charge in [0.15, 0.2) is 0 Å². The summed E-state index contributed by atoms with van der Waals surface area (Å²) in [6.07, 6.45) is 4.62. The van der Waals surface area contributed by atoms with Crippen molar-refractivity contribution < 1.29 is 0 Å². The van der Waals surface area contributed by atoms with Gasteiger partial charge in [-0.3, -0.25) is 5.41 Å². The fourth-order valence-corrected chi connectivity index (χ4v) is 1.98. The summed E-state index contributed by atoms with van der Waals surface area (Å²) in [7, 11) is 0. The number of nitrogens with one attached hydrogen (secondary N) is 1. The monoisotopic (exact) mass is 211 g/mol. The van der Waals surface area contributed by atoms with Gasteiger partial charge in [-0.1, -0.05) is 0 Å². The molecule has 1 saturated carbocycles. The van der Waals surface area contributed by atoms with Crippen LogP contribution in [0.4, 0.5) is 5.13 Å². The highest BCUT2D eigenvalue weighted by Crippen LogP contribution is 2.31. The minimum atomic E-state index is 0.236. The van der Waals surface area contributed by atoms with Gasteiger partial charge in [0, 0.05) is 30.5 Å². The van der Waals surface area contributed by atoms with E-state index in [1.807, 2.05) is 0 Å². The standard InChI is InChI=1S/C8H13N5S/c9-7(10)3-4-13(6-1-2-6)8-11-5-12-14-8/h5-6H,1-4H2,(H3,9,10). The van der Waals surface area contributed by atoms with E-state index in [0.717, 1.165) is 11.7 Å². The third kappa shape index (κ3) is 2.20. The van der Waals surface area contributed by atoms with Crippen molar-refractivity contribution in [1.82, 2.24) is 9.36 Å². The second-order valence-corrected chi connectivity index (χ2v) is 4.18. The molecule has 1 aliphatic rings. The van der Waals surface area contributed by atoms with Gasteiger partial charge in [0.05, 0.1) is 5.84 Å². The Balaban J connectivity index is 1.97. The SMILES string of the molecule is N=C(N)CCN(c1ncns1)C1CC1. The number of nitrogens with zero attached hydrogens (tertiary/aromatic N) is 3. The number of amidine groups is 1. The lowest BCUT2D eigenvalue weighted by Gasteiger charge is -2.20. The summed E-state index contributed by atoms with van der Waals surface area (Å²) in [5, 5.41) is 8.15. The van der Waals surface area contributed by atoms with E-state index in [1.54, 1.807) is 6.33 Å². The Bertz CT molecular complexity index is 306. The Hall–Kier alpha value is -1.17. The van der Waals surface area contributed by atoms with E-state index < -0.39 is 0 Å². The molecular formula is C8H13N5S. The topological polar surface area (TPSA) is 78.9 Å². The van der Waals surface area contributed by atoms with Gasteiger partial charge < -0.3 is 10.6 Å².